The van der Waals surface area contributed by atoms with E-state index in [2.05, 4.69) is 54.6 Å². The Hall–Kier alpha value is -2.65. The second kappa shape index (κ2) is 7.95. The monoisotopic (exact) mass is 332 g/mol. The fourth-order valence-electron chi connectivity index (χ4n) is 2.97. The number of rotatable bonds is 6. The molecule has 128 valence electrons. The second-order valence-corrected chi connectivity index (χ2v) is 6.58. The van der Waals surface area contributed by atoms with E-state index in [1.807, 2.05) is 42.5 Å². The number of hydrogen-bond acceptors (Lipinski definition) is 2. The summed E-state index contributed by atoms with van der Waals surface area (Å²) in [4.78, 5) is 14.7. The van der Waals surface area contributed by atoms with Gasteiger partial charge in [-0.05, 0) is 49.0 Å². The summed E-state index contributed by atoms with van der Waals surface area (Å²) in [7, 11) is 4.10. The van der Waals surface area contributed by atoms with Crippen LogP contribution in [-0.2, 0) is 6.42 Å². The molecule has 0 spiro atoms. The molecule has 0 saturated carbocycles. The Labute approximate surface area is 149 Å². The highest BCUT2D eigenvalue weighted by Gasteiger charge is 2.14. The Morgan fingerprint density at radius 3 is 2.32 bits per heavy atom. The van der Waals surface area contributed by atoms with Crippen molar-refractivity contribution in [2.24, 2.45) is 0 Å². The van der Waals surface area contributed by atoms with E-state index in [0.717, 1.165) is 17.2 Å². The standard InChI is InChI=1S/C22H24N2O/c1-24(2)21(14-17-8-4-3-5-9-17)16-23-22(25)20-13-12-18-10-6-7-11-19(18)15-20/h3-13,15,21H,14,16H2,1-2H3,(H,23,25)/t21-/m1/s1. The van der Waals surface area contributed by atoms with Gasteiger partial charge < -0.3 is 10.2 Å². The molecule has 3 heteroatoms. The third kappa shape index (κ3) is 4.46. The number of nitrogens with zero attached hydrogens (tertiary/aromatic N) is 1. The predicted octanol–water partition coefficient (Wildman–Crippen LogP) is 3.74. The highest BCUT2D eigenvalue weighted by atomic mass is 16.1. The number of fused-ring (bicyclic) bond motifs is 1. The molecule has 25 heavy (non-hydrogen) atoms. The quantitative estimate of drug-likeness (QED) is 0.746. The SMILES string of the molecule is CN(C)[C@@H](CNC(=O)c1ccc2ccccc2c1)Cc1ccccc1. The van der Waals surface area contributed by atoms with E-state index in [-0.39, 0.29) is 11.9 Å². The molecule has 0 heterocycles. The molecule has 0 saturated heterocycles. The van der Waals surface area contributed by atoms with Gasteiger partial charge in [0.25, 0.3) is 5.91 Å². The molecule has 0 aromatic heterocycles. The molecule has 0 unspecified atom stereocenters. The first kappa shape index (κ1) is 17.2. The minimum atomic E-state index is -0.0225. The molecular formula is C22H24N2O. The number of hydrogen-bond donors (Lipinski definition) is 1. The van der Waals surface area contributed by atoms with E-state index in [1.165, 1.54) is 5.56 Å². The van der Waals surface area contributed by atoms with Gasteiger partial charge in [0.05, 0.1) is 0 Å². The van der Waals surface area contributed by atoms with Gasteiger partial charge in [-0.25, -0.2) is 0 Å². The van der Waals surface area contributed by atoms with Crippen LogP contribution in [0.1, 0.15) is 15.9 Å². The maximum Gasteiger partial charge on any atom is 0.251 e. The average molecular weight is 332 g/mol. The van der Waals surface area contributed by atoms with E-state index < -0.39 is 0 Å². The highest BCUT2D eigenvalue weighted by Crippen LogP contribution is 2.15. The normalized spacial score (nSPS) is 12.3. The van der Waals surface area contributed by atoms with E-state index in [4.69, 9.17) is 0 Å². The Bertz CT molecular complexity index is 843. The van der Waals surface area contributed by atoms with E-state index >= 15 is 0 Å². The maximum absolute atomic E-state index is 12.5. The van der Waals surface area contributed by atoms with Gasteiger partial charge in [-0.3, -0.25) is 4.79 Å². The van der Waals surface area contributed by atoms with Crippen molar-refractivity contribution < 1.29 is 4.79 Å². The minimum Gasteiger partial charge on any atom is -0.350 e. The molecule has 1 atom stereocenters. The Morgan fingerprint density at radius 2 is 1.60 bits per heavy atom. The number of likely N-dealkylation sites (N-methyl/N-ethyl adjacent to an activating group) is 1. The molecule has 0 aliphatic rings. The van der Waals surface area contributed by atoms with Crippen molar-refractivity contribution in [1.82, 2.24) is 10.2 Å². The van der Waals surface area contributed by atoms with Crippen molar-refractivity contribution >= 4 is 16.7 Å². The smallest absolute Gasteiger partial charge is 0.251 e. The van der Waals surface area contributed by atoms with Gasteiger partial charge in [0, 0.05) is 18.2 Å². The minimum absolute atomic E-state index is 0.0225. The van der Waals surface area contributed by atoms with E-state index in [0.29, 0.717) is 12.1 Å². The van der Waals surface area contributed by atoms with Crippen molar-refractivity contribution in [3.8, 4) is 0 Å². The summed E-state index contributed by atoms with van der Waals surface area (Å²) in [5, 5.41) is 5.32. The summed E-state index contributed by atoms with van der Waals surface area (Å²) in [5.74, 6) is -0.0225. The summed E-state index contributed by atoms with van der Waals surface area (Å²) in [6.45, 7) is 0.619. The molecular weight excluding hydrogens is 308 g/mol. The van der Waals surface area contributed by atoms with Gasteiger partial charge in [-0.1, -0.05) is 60.7 Å². The zero-order valence-electron chi connectivity index (χ0n) is 14.8. The first-order valence-electron chi connectivity index (χ1n) is 8.61. The van der Waals surface area contributed by atoms with Crippen LogP contribution in [0.25, 0.3) is 10.8 Å². The average Bonchev–Trinajstić information content (AvgIpc) is 2.65. The molecule has 1 N–H and O–H groups in total. The number of amides is 1. The van der Waals surface area contributed by atoms with Gasteiger partial charge in [0.1, 0.15) is 0 Å². The lowest BCUT2D eigenvalue weighted by atomic mass is 10.0. The largest absolute Gasteiger partial charge is 0.350 e. The predicted molar refractivity (Wildman–Crippen MR) is 104 cm³/mol. The number of benzene rings is 3. The Kier molecular flexibility index (Phi) is 5.46. The molecule has 3 rings (SSSR count). The molecule has 0 aliphatic carbocycles. The summed E-state index contributed by atoms with van der Waals surface area (Å²) in [6, 6.07) is 24.6. The molecule has 0 aliphatic heterocycles. The topological polar surface area (TPSA) is 32.3 Å². The molecule has 0 radical (unpaired) electrons. The van der Waals surface area contributed by atoms with Crippen LogP contribution in [0.2, 0.25) is 0 Å². The molecule has 0 fully saturated rings. The van der Waals surface area contributed by atoms with Gasteiger partial charge in [-0.2, -0.15) is 0 Å². The van der Waals surface area contributed by atoms with E-state index in [9.17, 15) is 4.79 Å². The summed E-state index contributed by atoms with van der Waals surface area (Å²) in [6.07, 6.45) is 0.909. The van der Waals surface area contributed by atoms with Crippen LogP contribution < -0.4 is 5.32 Å². The molecule has 3 nitrogen and oxygen atoms in total. The van der Waals surface area contributed by atoms with Crippen LogP contribution in [0.3, 0.4) is 0 Å². The van der Waals surface area contributed by atoms with Crippen LogP contribution in [0.5, 0.6) is 0 Å². The Balaban J connectivity index is 1.66. The van der Waals surface area contributed by atoms with Crippen LogP contribution in [0.4, 0.5) is 0 Å². The van der Waals surface area contributed by atoms with Crippen molar-refractivity contribution in [3.05, 3.63) is 83.9 Å². The van der Waals surface area contributed by atoms with Crippen LogP contribution in [0, 0.1) is 0 Å². The van der Waals surface area contributed by atoms with Gasteiger partial charge in [-0.15, -0.1) is 0 Å². The van der Waals surface area contributed by atoms with Crippen LogP contribution >= 0.6 is 0 Å². The first-order valence-corrected chi connectivity index (χ1v) is 8.61. The van der Waals surface area contributed by atoms with Gasteiger partial charge in [0.15, 0.2) is 0 Å². The summed E-state index contributed by atoms with van der Waals surface area (Å²) in [5.41, 5.74) is 1.98. The lowest BCUT2D eigenvalue weighted by Gasteiger charge is -2.25. The van der Waals surface area contributed by atoms with Crippen LogP contribution in [-0.4, -0.2) is 37.5 Å². The summed E-state index contributed by atoms with van der Waals surface area (Å²) >= 11 is 0. The number of nitrogens with one attached hydrogen (secondary N) is 1. The Morgan fingerprint density at radius 1 is 0.920 bits per heavy atom. The van der Waals surface area contributed by atoms with Crippen molar-refractivity contribution in [2.45, 2.75) is 12.5 Å². The highest BCUT2D eigenvalue weighted by molar-refractivity contribution is 5.98. The molecule has 3 aromatic carbocycles. The number of carbonyl (C=O) groups excluding carboxylic acids is 1. The maximum atomic E-state index is 12.5. The lowest BCUT2D eigenvalue weighted by Crippen LogP contribution is -2.41. The first-order chi connectivity index (χ1) is 12.1. The third-order valence-corrected chi connectivity index (χ3v) is 4.55. The fourth-order valence-corrected chi connectivity index (χ4v) is 2.97. The van der Waals surface area contributed by atoms with Crippen molar-refractivity contribution in [2.75, 3.05) is 20.6 Å². The molecule has 0 bridgehead atoms. The molecule has 1 amide bonds. The molecule has 3 aromatic rings. The van der Waals surface area contributed by atoms with Crippen LogP contribution in [0.15, 0.2) is 72.8 Å². The third-order valence-electron chi connectivity index (χ3n) is 4.55. The second-order valence-electron chi connectivity index (χ2n) is 6.58. The van der Waals surface area contributed by atoms with Gasteiger partial charge >= 0.3 is 0 Å². The lowest BCUT2D eigenvalue weighted by molar-refractivity contribution is 0.0942. The fraction of sp³-hybridized carbons (Fsp3) is 0.227. The zero-order valence-corrected chi connectivity index (χ0v) is 14.8. The van der Waals surface area contributed by atoms with Crippen molar-refractivity contribution in [1.29, 1.82) is 0 Å². The van der Waals surface area contributed by atoms with Gasteiger partial charge in [0.2, 0.25) is 0 Å². The zero-order chi connectivity index (χ0) is 17.6. The summed E-state index contributed by atoms with van der Waals surface area (Å²) < 4.78 is 0. The number of carbonyl (C=O) groups is 1. The van der Waals surface area contributed by atoms with Crippen molar-refractivity contribution in [3.63, 3.8) is 0 Å². The van der Waals surface area contributed by atoms with E-state index in [1.54, 1.807) is 0 Å².